The van der Waals surface area contributed by atoms with Gasteiger partial charge in [-0.25, -0.2) is 5.48 Å². The summed E-state index contributed by atoms with van der Waals surface area (Å²) in [4.78, 5) is 24.6. The van der Waals surface area contributed by atoms with Crippen LogP contribution in [0.5, 0.6) is 0 Å². The maximum atomic E-state index is 12.7. The summed E-state index contributed by atoms with van der Waals surface area (Å²) in [6.07, 6.45) is 2.53. The van der Waals surface area contributed by atoms with Crippen LogP contribution in [-0.2, 0) is 9.59 Å². The van der Waals surface area contributed by atoms with Crippen LogP contribution in [0.25, 0.3) is 0 Å². The first-order valence-corrected chi connectivity index (χ1v) is 7.89. The Hall–Kier alpha value is -1.36. The number of hydrogen-bond acceptors (Lipinski definition) is 3. The SMILES string of the molecule is C=CC[C@H](C(=O)NO)[C@@H](CC(C)C)C(=O)NC(C)C(C)(C)C. The molecule has 0 fully saturated rings. The Morgan fingerprint density at radius 2 is 1.68 bits per heavy atom. The van der Waals surface area contributed by atoms with Crippen LogP contribution in [0.4, 0.5) is 0 Å². The maximum absolute atomic E-state index is 12.7. The van der Waals surface area contributed by atoms with Crippen molar-refractivity contribution in [2.75, 3.05) is 0 Å². The molecular weight excluding hydrogens is 280 g/mol. The van der Waals surface area contributed by atoms with E-state index in [1.807, 2.05) is 20.8 Å². The van der Waals surface area contributed by atoms with Gasteiger partial charge in [0.1, 0.15) is 0 Å². The summed E-state index contributed by atoms with van der Waals surface area (Å²) in [5.41, 5.74) is 1.61. The summed E-state index contributed by atoms with van der Waals surface area (Å²) in [5, 5.41) is 12.0. The van der Waals surface area contributed by atoms with Crippen LogP contribution in [-0.4, -0.2) is 23.1 Å². The van der Waals surface area contributed by atoms with E-state index in [-0.39, 0.29) is 23.3 Å². The second kappa shape index (κ2) is 8.93. The predicted molar refractivity (Wildman–Crippen MR) is 88.2 cm³/mol. The monoisotopic (exact) mass is 312 g/mol. The van der Waals surface area contributed by atoms with Crippen molar-refractivity contribution in [2.45, 2.75) is 60.4 Å². The van der Waals surface area contributed by atoms with E-state index in [0.29, 0.717) is 12.8 Å². The molecule has 0 bridgehead atoms. The lowest BCUT2D eigenvalue weighted by molar-refractivity contribution is -0.141. The number of amides is 2. The van der Waals surface area contributed by atoms with Gasteiger partial charge in [0.25, 0.3) is 0 Å². The van der Waals surface area contributed by atoms with E-state index >= 15 is 0 Å². The highest BCUT2D eigenvalue weighted by Crippen LogP contribution is 2.26. The molecule has 0 aliphatic heterocycles. The van der Waals surface area contributed by atoms with Crippen molar-refractivity contribution in [3.63, 3.8) is 0 Å². The molecule has 5 heteroatoms. The van der Waals surface area contributed by atoms with Crippen molar-refractivity contribution in [3.8, 4) is 0 Å². The maximum Gasteiger partial charge on any atom is 0.247 e. The van der Waals surface area contributed by atoms with Crippen molar-refractivity contribution < 1.29 is 14.8 Å². The first kappa shape index (κ1) is 20.6. The third kappa shape index (κ3) is 6.60. The molecule has 5 nitrogen and oxygen atoms in total. The Bertz CT molecular complexity index is 386. The molecule has 0 aromatic carbocycles. The summed E-state index contributed by atoms with van der Waals surface area (Å²) in [5.74, 6) is -1.53. The predicted octanol–water partition coefficient (Wildman–Crippen LogP) is 2.90. The van der Waals surface area contributed by atoms with E-state index in [9.17, 15) is 9.59 Å². The van der Waals surface area contributed by atoms with E-state index in [2.05, 4.69) is 32.7 Å². The molecule has 0 aromatic rings. The van der Waals surface area contributed by atoms with Crippen LogP contribution in [0.1, 0.15) is 54.4 Å². The van der Waals surface area contributed by atoms with Crippen LogP contribution in [0, 0.1) is 23.2 Å². The quantitative estimate of drug-likeness (QED) is 0.366. The van der Waals surface area contributed by atoms with Crippen LogP contribution in [0.2, 0.25) is 0 Å². The molecule has 0 aliphatic carbocycles. The molecular formula is C17H32N2O3. The molecule has 1 unspecified atom stereocenters. The number of rotatable bonds is 8. The first-order chi connectivity index (χ1) is 10.0. The number of hydrogen-bond donors (Lipinski definition) is 3. The van der Waals surface area contributed by atoms with Crippen LogP contribution < -0.4 is 10.8 Å². The van der Waals surface area contributed by atoms with E-state index in [1.165, 1.54) is 0 Å². The van der Waals surface area contributed by atoms with Gasteiger partial charge in [-0.1, -0.05) is 40.7 Å². The third-order valence-electron chi connectivity index (χ3n) is 4.07. The van der Waals surface area contributed by atoms with E-state index in [4.69, 9.17) is 5.21 Å². The van der Waals surface area contributed by atoms with Gasteiger partial charge in [0, 0.05) is 6.04 Å². The molecule has 0 aromatic heterocycles. The van der Waals surface area contributed by atoms with Crippen molar-refractivity contribution in [1.82, 2.24) is 10.8 Å². The highest BCUT2D eigenvalue weighted by Gasteiger charge is 2.35. The molecule has 3 atom stereocenters. The minimum atomic E-state index is -0.614. The van der Waals surface area contributed by atoms with Gasteiger partial charge in [-0.15, -0.1) is 6.58 Å². The smallest absolute Gasteiger partial charge is 0.247 e. The Morgan fingerprint density at radius 1 is 1.14 bits per heavy atom. The first-order valence-electron chi connectivity index (χ1n) is 7.89. The fourth-order valence-corrected chi connectivity index (χ4v) is 2.22. The molecule has 0 heterocycles. The molecule has 0 saturated carbocycles. The molecule has 3 N–H and O–H groups in total. The van der Waals surface area contributed by atoms with Gasteiger partial charge in [-0.2, -0.15) is 0 Å². The van der Waals surface area contributed by atoms with Gasteiger partial charge >= 0.3 is 0 Å². The summed E-state index contributed by atoms with van der Waals surface area (Å²) < 4.78 is 0. The van der Waals surface area contributed by atoms with Crippen LogP contribution in [0.15, 0.2) is 12.7 Å². The van der Waals surface area contributed by atoms with Crippen molar-refractivity contribution in [3.05, 3.63) is 12.7 Å². The minimum Gasteiger partial charge on any atom is -0.353 e. The molecule has 0 spiro atoms. The number of nitrogens with one attached hydrogen (secondary N) is 2. The third-order valence-corrected chi connectivity index (χ3v) is 4.07. The molecule has 2 amide bonds. The Balaban J connectivity index is 5.27. The second-order valence-corrected chi connectivity index (χ2v) is 7.44. The van der Waals surface area contributed by atoms with Crippen molar-refractivity contribution in [1.29, 1.82) is 0 Å². The number of carbonyl (C=O) groups excluding carboxylic acids is 2. The average Bonchev–Trinajstić information content (AvgIpc) is 2.40. The molecule has 0 rings (SSSR count). The molecule has 0 saturated heterocycles. The normalized spacial score (nSPS) is 15.8. The molecule has 0 aliphatic rings. The fraction of sp³-hybridized carbons (Fsp3) is 0.765. The zero-order valence-corrected chi connectivity index (χ0v) is 14.8. The highest BCUT2D eigenvalue weighted by atomic mass is 16.5. The second-order valence-electron chi connectivity index (χ2n) is 7.44. The summed E-state index contributed by atoms with van der Waals surface area (Å²) in [6.45, 7) is 15.8. The number of hydroxylamine groups is 1. The zero-order valence-electron chi connectivity index (χ0n) is 14.8. The number of carbonyl (C=O) groups is 2. The lowest BCUT2D eigenvalue weighted by Crippen LogP contribution is -2.48. The fourth-order valence-electron chi connectivity index (χ4n) is 2.22. The topological polar surface area (TPSA) is 78.4 Å². The number of allylic oxidation sites excluding steroid dienone is 1. The van der Waals surface area contributed by atoms with Gasteiger partial charge in [0.2, 0.25) is 11.8 Å². The minimum absolute atomic E-state index is 0.0174. The Morgan fingerprint density at radius 3 is 2.05 bits per heavy atom. The van der Waals surface area contributed by atoms with Gasteiger partial charge in [0.15, 0.2) is 0 Å². The van der Waals surface area contributed by atoms with E-state index < -0.39 is 17.7 Å². The van der Waals surface area contributed by atoms with Gasteiger partial charge in [-0.3, -0.25) is 14.8 Å². The van der Waals surface area contributed by atoms with Crippen molar-refractivity contribution >= 4 is 11.8 Å². The van der Waals surface area contributed by atoms with E-state index in [0.717, 1.165) is 0 Å². The zero-order chi connectivity index (χ0) is 17.5. The van der Waals surface area contributed by atoms with Gasteiger partial charge in [0.05, 0.1) is 11.8 Å². The largest absolute Gasteiger partial charge is 0.353 e. The van der Waals surface area contributed by atoms with E-state index in [1.54, 1.807) is 11.6 Å². The summed E-state index contributed by atoms with van der Waals surface area (Å²) in [7, 11) is 0. The van der Waals surface area contributed by atoms with Gasteiger partial charge < -0.3 is 5.32 Å². The molecule has 0 radical (unpaired) electrons. The highest BCUT2D eigenvalue weighted by molar-refractivity contribution is 5.87. The molecule has 22 heavy (non-hydrogen) atoms. The van der Waals surface area contributed by atoms with Crippen LogP contribution >= 0.6 is 0 Å². The molecule has 128 valence electrons. The summed E-state index contributed by atoms with van der Waals surface area (Å²) in [6, 6.07) is -0.0174. The lowest BCUT2D eigenvalue weighted by atomic mass is 9.81. The average molecular weight is 312 g/mol. The van der Waals surface area contributed by atoms with Gasteiger partial charge in [-0.05, 0) is 31.1 Å². The standard InChI is InChI=1S/C17H32N2O3/c1-8-9-13(16(21)19-22)14(10-11(2)3)15(20)18-12(4)17(5,6)7/h8,11-14,22H,1,9-10H2,2-7H3,(H,18,20)(H,19,21)/t12?,13-,14+/m0/s1. The summed E-state index contributed by atoms with van der Waals surface area (Å²) >= 11 is 0. The van der Waals surface area contributed by atoms with Crippen molar-refractivity contribution in [2.24, 2.45) is 23.2 Å². The Kier molecular flexibility index (Phi) is 8.38. The Labute approximate surface area is 134 Å². The van der Waals surface area contributed by atoms with Crippen LogP contribution in [0.3, 0.4) is 0 Å². The lowest BCUT2D eigenvalue weighted by Gasteiger charge is -2.32.